The lowest BCUT2D eigenvalue weighted by molar-refractivity contribution is -0.305. The van der Waals surface area contributed by atoms with Crippen molar-refractivity contribution in [3.05, 3.63) is 134 Å². The van der Waals surface area contributed by atoms with Crippen molar-refractivity contribution in [2.45, 2.75) is 256 Å². The van der Waals surface area contributed by atoms with Gasteiger partial charge in [0.15, 0.2) is 12.4 Å². The highest BCUT2D eigenvalue weighted by atomic mass is 16.7. The Hall–Kier alpha value is -4.20. The number of amides is 1. The molecular weight excluding hydrogens is 967 g/mol. The van der Waals surface area contributed by atoms with Gasteiger partial charge in [-0.25, -0.2) is 0 Å². The molecule has 0 aliphatic carbocycles. The molecule has 77 heavy (non-hydrogen) atoms. The van der Waals surface area contributed by atoms with Gasteiger partial charge in [-0.05, 0) is 96.3 Å². The second-order valence-corrected chi connectivity index (χ2v) is 20.1. The van der Waals surface area contributed by atoms with Gasteiger partial charge in [-0.1, -0.05) is 238 Å². The molecule has 0 spiro atoms. The minimum atomic E-state index is -1.64. The van der Waals surface area contributed by atoms with Crippen molar-refractivity contribution in [1.82, 2.24) is 5.32 Å². The lowest BCUT2D eigenvalue weighted by Gasteiger charge is -2.41. The van der Waals surface area contributed by atoms with Gasteiger partial charge >= 0.3 is 5.97 Å². The molecule has 8 atom stereocenters. The molecule has 0 bridgehead atoms. The van der Waals surface area contributed by atoms with Crippen LogP contribution in [0.3, 0.4) is 0 Å². The van der Waals surface area contributed by atoms with E-state index in [-0.39, 0.29) is 19.4 Å². The fourth-order valence-electron chi connectivity index (χ4n) is 8.43. The summed E-state index contributed by atoms with van der Waals surface area (Å²) < 4.78 is 17.5. The third-order valence-corrected chi connectivity index (χ3v) is 13.1. The van der Waals surface area contributed by atoms with Gasteiger partial charge in [-0.3, -0.25) is 9.59 Å². The Morgan fingerprint density at radius 3 is 1.56 bits per heavy atom. The highest BCUT2D eigenvalue weighted by Gasteiger charge is 2.47. The highest BCUT2D eigenvalue weighted by molar-refractivity contribution is 5.80. The number of hydrogen-bond donors (Lipinski definition) is 6. The Morgan fingerprint density at radius 1 is 0.532 bits per heavy atom. The number of nitrogens with one attached hydrogen (secondary N) is 1. The second kappa shape index (κ2) is 52.5. The van der Waals surface area contributed by atoms with E-state index < -0.39 is 67.4 Å². The van der Waals surface area contributed by atoms with Gasteiger partial charge in [0.1, 0.15) is 24.4 Å². The zero-order valence-electron chi connectivity index (χ0n) is 48.0. The van der Waals surface area contributed by atoms with Crippen molar-refractivity contribution >= 4 is 11.9 Å². The quantitative estimate of drug-likeness (QED) is 0.0149. The normalized spacial score (nSPS) is 20.0. The number of esters is 1. The standard InChI is InChI=1S/C66H107NO10/c1-4-7-10-13-16-19-22-24-25-26-27-28-29-30-31-32-33-34-35-36-39-42-45-48-51-54-61(71)77-64-63(73)62(72)60(55-68)76-66(64)75-56-57(58(69)52-49-46-43-40-37-21-18-15-12-9-6-3)67-65(74)59(70)53-50-47-44-41-38-23-20-17-14-11-8-5-2/h7-8,10-11,14,16-17,19-20,23-25,27-28,30-31,33-34,38,41,49,52,57-60,62-64,66,68-70,72-73H,4-6,9,12-13,15,18,21-22,26,29,32,35-37,39-40,42-48,50-51,53-56H2,1-3H3,(H,67,74)/b10-7-,11-8+,17-14+,19-16-,23-20-,25-24-,28-27-,31-30-,34-33-,41-38-,52-49+. The second-order valence-electron chi connectivity index (χ2n) is 20.1. The van der Waals surface area contributed by atoms with Crippen LogP contribution in [0.25, 0.3) is 0 Å². The molecule has 1 saturated heterocycles. The molecule has 0 aromatic heterocycles. The van der Waals surface area contributed by atoms with Crippen LogP contribution in [0, 0.1) is 0 Å². The largest absolute Gasteiger partial charge is 0.454 e. The number of aliphatic hydroxyl groups excluding tert-OH is 5. The van der Waals surface area contributed by atoms with Gasteiger partial charge in [0, 0.05) is 6.42 Å². The molecule has 6 N–H and O–H groups in total. The van der Waals surface area contributed by atoms with E-state index in [9.17, 15) is 35.1 Å². The molecule has 436 valence electrons. The molecule has 11 nitrogen and oxygen atoms in total. The predicted molar refractivity (Wildman–Crippen MR) is 319 cm³/mol. The van der Waals surface area contributed by atoms with Crippen molar-refractivity contribution in [2.24, 2.45) is 0 Å². The minimum Gasteiger partial charge on any atom is -0.454 e. The van der Waals surface area contributed by atoms with E-state index in [0.717, 1.165) is 122 Å². The number of unbranched alkanes of at least 4 members (excludes halogenated alkanes) is 17. The average molecular weight is 1070 g/mol. The first-order valence-corrected chi connectivity index (χ1v) is 30.0. The Bertz CT molecular complexity index is 1760. The van der Waals surface area contributed by atoms with Crippen LogP contribution in [-0.2, 0) is 23.8 Å². The van der Waals surface area contributed by atoms with Gasteiger partial charge in [0.2, 0.25) is 5.91 Å². The van der Waals surface area contributed by atoms with Gasteiger partial charge in [-0.2, -0.15) is 0 Å². The monoisotopic (exact) mass is 1070 g/mol. The first kappa shape index (κ1) is 70.8. The number of carbonyl (C=O) groups is 2. The fraction of sp³-hybridized carbons (Fsp3) is 0.636. The number of aliphatic hydroxyl groups is 5. The topological polar surface area (TPSA) is 175 Å². The van der Waals surface area contributed by atoms with E-state index in [4.69, 9.17) is 14.2 Å². The molecule has 1 heterocycles. The van der Waals surface area contributed by atoms with Crippen molar-refractivity contribution in [3.8, 4) is 0 Å². The number of allylic oxidation sites excluding steroid dienone is 21. The molecule has 0 radical (unpaired) electrons. The molecule has 1 fully saturated rings. The molecular formula is C66H107NO10. The number of rotatable bonds is 48. The molecule has 0 saturated carbocycles. The van der Waals surface area contributed by atoms with E-state index in [2.05, 4.69) is 105 Å². The minimum absolute atomic E-state index is 0.0924. The zero-order valence-corrected chi connectivity index (χ0v) is 48.0. The highest BCUT2D eigenvalue weighted by Crippen LogP contribution is 2.26. The molecule has 11 heteroatoms. The van der Waals surface area contributed by atoms with E-state index in [0.29, 0.717) is 12.8 Å². The first-order chi connectivity index (χ1) is 37.7. The maximum absolute atomic E-state index is 13.3. The number of ether oxygens (including phenoxy) is 3. The molecule has 0 aromatic carbocycles. The van der Waals surface area contributed by atoms with Crippen molar-refractivity contribution in [1.29, 1.82) is 0 Å². The summed E-state index contributed by atoms with van der Waals surface area (Å²) in [6.07, 6.45) is 63.6. The van der Waals surface area contributed by atoms with Crippen LogP contribution in [0.15, 0.2) is 134 Å². The Balaban J connectivity index is 2.66. The summed E-state index contributed by atoms with van der Waals surface area (Å²) in [4.78, 5) is 26.5. The van der Waals surface area contributed by atoms with Gasteiger partial charge in [0.25, 0.3) is 0 Å². The summed E-state index contributed by atoms with van der Waals surface area (Å²) in [5.41, 5.74) is 0. The Kier molecular flexibility index (Phi) is 48.3. The van der Waals surface area contributed by atoms with Crippen molar-refractivity contribution in [3.63, 3.8) is 0 Å². The smallest absolute Gasteiger partial charge is 0.306 e. The van der Waals surface area contributed by atoms with Crippen molar-refractivity contribution in [2.75, 3.05) is 13.2 Å². The molecule has 1 aliphatic heterocycles. The number of carbonyl (C=O) groups excluding carboxylic acids is 2. The Morgan fingerprint density at radius 2 is 1.00 bits per heavy atom. The molecule has 1 aliphatic rings. The fourth-order valence-corrected chi connectivity index (χ4v) is 8.43. The summed E-state index contributed by atoms with van der Waals surface area (Å²) in [6.45, 7) is 5.46. The zero-order chi connectivity index (χ0) is 56.1. The van der Waals surface area contributed by atoms with E-state index in [1.807, 2.05) is 48.6 Å². The third kappa shape index (κ3) is 40.6. The van der Waals surface area contributed by atoms with Gasteiger partial charge in [0.05, 0.1) is 25.4 Å². The van der Waals surface area contributed by atoms with Crippen LogP contribution in [-0.4, -0.2) is 99.6 Å². The maximum Gasteiger partial charge on any atom is 0.306 e. The van der Waals surface area contributed by atoms with E-state index in [1.165, 1.54) is 38.5 Å². The lowest BCUT2D eigenvalue weighted by atomic mass is 9.99. The van der Waals surface area contributed by atoms with Crippen LogP contribution in [0.1, 0.15) is 207 Å². The van der Waals surface area contributed by atoms with E-state index in [1.54, 1.807) is 6.08 Å². The third-order valence-electron chi connectivity index (χ3n) is 13.1. The summed E-state index contributed by atoms with van der Waals surface area (Å²) in [5, 5.41) is 56.8. The Labute approximate surface area is 467 Å². The molecule has 1 rings (SSSR count). The molecule has 8 unspecified atom stereocenters. The van der Waals surface area contributed by atoms with Gasteiger partial charge in [-0.15, -0.1) is 0 Å². The maximum atomic E-state index is 13.3. The summed E-state index contributed by atoms with van der Waals surface area (Å²) in [7, 11) is 0. The van der Waals surface area contributed by atoms with Crippen LogP contribution in [0.4, 0.5) is 0 Å². The van der Waals surface area contributed by atoms with Crippen LogP contribution in [0.2, 0.25) is 0 Å². The van der Waals surface area contributed by atoms with Crippen molar-refractivity contribution < 1.29 is 49.3 Å². The van der Waals surface area contributed by atoms with E-state index >= 15 is 0 Å². The summed E-state index contributed by atoms with van der Waals surface area (Å²) >= 11 is 0. The SMILES string of the molecule is CC/C=C\C/C=C\C/C=C\C/C=C\C/C=C\C/C=C\CCCCCCCCC(=O)OC1C(OCC(NC(=O)C(O)CCCC\C=C/C=C\C=C\C=C\CC)C(O)/C=C/CCCCCCCCCCC)OC(CO)C(O)C1O. The molecule has 0 aromatic rings. The summed E-state index contributed by atoms with van der Waals surface area (Å²) in [6, 6.07) is -1.06. The van der Waals surface area contributed by atoms with Crippen LogP contribution in [0.5, 0.6) is 0 Å². The predicted octanol–water partition coefficient (Wildman–Crippen LogP) is 14.1. The summed E-state index contributed by atoms with van der Waals surface area (Å²) in [5.74, 6) is -1.26. The van der Waals surface area contributed by atoms with Crippen LogP contribution < -0.4 is 5.32 Å². The lowest BCUT2D eigenvalue weighted by Crippen LogP contribution is -2.61. The molecule has 1 amide bonds. The first-order valence-electron chi connectivity index (χ1n) is 30.0. The number of hydrogen-bond acceptors (Lipinski definition) is 10. The van der Waals surface area contributed by atoms with Crippen LogP contribution >= 0.6 is 0 Å². The van der Waals surface area contributed by atoms with Gasteiger partial charge < -0.3 is 45.1 Å². The average Bonchev–Trinajstić information content (AvgIpc) is 3.43.